The second-order valence-electron chi connectivity index (χ2n) is 5.04. The molecule has 0 aliphatic rings. The Hall–Kier alpha value is -0.520. The second kappa shape index (κ2) is 7.70. The van der Waals surface area contributed by atoms with Crippen molar-refractivity contribution < 1.29 is 5.11 Å². The summed E-state index contributed by atoms with van der Waals surface area (Å²) in [4.78, 5) is 2.29. The van der Waals surface area contributed by atoms with Gasteiger partial charge in [-0.15, -0.1) is 0 Å². The predicted molar refractivity (Wildman–Crippen MR) is 70.3 cm³/mol. The van der Waals surface area contributed by atoms with Gasteiger partial charge in [0.1, 0.15) is 5.60 Å². The maximum absolute atomic E-state index is 10.0. The number of nitrogens with zero attached hydrogens (tertiary/aromatic N) is 1. The molecular weight excluding hydrogens is 198 g/mol. The monoisotopic (exact) mass is 225 g/mol. The maximum atomic E-state index is 10.0. The molecule has 0 aliphatic heterocycles. The molecular formula is C14H27NO. The first kappa shape index (κ1) is 15.5. The quantitative estimate of drug-likeness (QED) is 0.702. The summed E-state index contributed by atoms with van der Waals surface area (Å²) in [5, 5.41) is 10.0. The number of hydrogen-bond acceptors (Lipinski definition) is 2. The maximum Gasteiger partial charge on any atom is 0.123 e. The van der Waals surface area contributed by atoms with E-state index >= 15 is 0 Å². The van der Waals surface area contributed by atoms with E-state index in [2.05, 4.69) is 44.4 Å². The van der Waals surface area contributed by atoms with E-state index in [0.717, 1.165) is 32.5 Å². The zero-order chi connectivity index (χ0) is 12.6. The van der Waals surface area contributed by atoms with E-state index in [1.54, 1.807) is 6.92 Å². The zero-order valence-electron chi connectivity index (χ0n) is 11.5. The van der Waals surface area contributed by atoms with Crippen LogP contribution in [-0.2, 0) is 0 Å². The van der Waals surface area contributed by atoms with E-state index in [9.17, 15) is 5.11 Å². The second-order valence-corrected chi connectivity index (χ2v) is 5.04. The topological polar surface area (TPSA) is 23.5 Å². The Bertz CT molecular complexity index is 235. The van der Waals surface area contributed by atoms with Crippen molar-refractivity contribution in [1.29, 1.82) is 0 Å². The van der Waals surface area contributed by atoms with Gasteiger partial charge in [-0.3, -0.25) is 4.90 Å². The molecule has 1 unspecified atom stereocenters. The molecule has 0 fully saturated rings. The van der Waals surface area contributed by atoms with Gasteiger partial charge in [0, 0.05) is 0 Å². The molecule has 0 aromatic carbocycles. The summed E-state index contributed by atoms with van der Waals surface area (Å²) in [7, 11) is 0. The molecule has 0 saturated heterocycles. The van der Waals surface area contributed by atoms with Crippen LogP contribution in [0.25, 0.3) is 0 Å². The molecule has 0 heterocycles. The summed E-state index contributed by atoms with van der Waals surface area (Å²) < 4.78 is 0. The van der Waals surface area contributed by atoms with Crippen LogP contribution in [0.3, 0.4) is 0 Å². The Morgan fingerprint density at radius 3 is 2.38 bits per heavy atom. The van der Waals surface area contributed by atoms with Crippen molar-refractivity contribution in [2.45, 2.75) is 53.1 Å². The molecule has 0 bridgehead atoms. The van der Waals surface area contributed by atoms with Gasteiger partial charge in [0.2, 0.25) is 0 Å². The fourth-order valence-electron chi connectivity index (χ4n) is 1.85. The lowest BCUT2D eigenvalue weighted by Crippen LogP contribution is -2.27. The van der Waals surface area contributed by atoms with E-state index in [1.165, 1.54) is 0 Å². The van der Waals surface area contributed by atoms with Gasteiger partial charge in [-0.25, -0.2) is 0 Å². The van der Waals surface area contributed by atoms with E-state index in [0.29, 0.717) is 5.92 Å². The zero-order valence-corrected chi connectivity index (χ0v) is 11.5. The van der Waals surface area contributed by atoms with Gasteiger partial charge in [0.05, 0.1) is 6.54 Å². The molecule has 1 N–H and O–H groups in total. The Morgan fingerprint density at radius 2 is 1.94 bits per heavy atom. The van der Waals surface area contributed by atoms with Crippen LogP contribution in [0.5, 0.6) is 0 Å². The molecule has 2 heteroatoms. The minimum atomic E-state index is -0.834. The van der Waals surface area contributed by atoms with E-state index < -0.39 is 5.60 Å². The first-order valence-electron chi connectivity index (χ1n) is 6.36. The van der Waals surface area contributed by atoms with Crippen molar-refractivity contribution >= 4 is 0 Å². The molecule has 16 heavy (non-hydrogen) atoms. The van der Waals surface area contributed by atoms with Crippen LogP contribution in [0, 0.1) is 17.8 Å². The summed E-state index contributed by atoms with van der Waals surface area (Å²) >= 11 is 0. The van der Waals surface area contributed by atoms with Crippen LogP contribution in [-0.4, -0.2) is 35.2 Å². The highest BCUT2D eigenvalue weighted by Crippen LogP contribution is 2.14. The van der Waals surface area contributed by atoms with Gasteiger partial charge in [0.15, 0.2) is 0 Å². The minimum absolute atomic E-state index is 0.474. The van der Waals surface area contributed by atoms with Crippen molar-refractivity contribution in [1.82, 2.24) is 4.90 Å². The molecule has 0 aromatic rings. The van der Waals surface area contributed by atoms with Crippen molar-refractivity contribution in [3.8, 4) is 11.8 Å². The molecule has 0 aromatic heterocycles. The predicted octanol–water partition coefficient (Wildman–Crippen LogP) is 2.52. The Labute approximate surface area is 101 Å². The van der Waals surface area contributed by atoms with Gasteiger partial charge in [0.25, 0.3) is 0 Å². The summed E-state index contributed by atoms with van der Waals surface area (Å²) in [5.74, 6) is 6.54. The van der Waals surface area contributed by atoms with Crippen LogP contribution >= 0.6 is 0 Å². The number of hydrogen-bond donors (Lipinski definition) is 1. The summed E-state index contributed by atoms with van der Waals surface area (Å²) in [6, 6.07) is 0. The average molecular weight is 225 g/mol. The first-order chi connectivity index (χ1) is 7.41. The highest BCUT2D eigenvalue weighted by atomic mass is 16.3. The van der Waals surface area contributed by atoms with E-state index in [-0.39, 0.29) is 0 Å². The highest BCUT2D eigenvalue weighted by molar-refractivity contribution is 5.13. The standard InChI is InChI=1S/C14H27NO/c1-6-10-15(7-2)11-8-9-14(5,16)12-13(3)4/h13,16H,6-7,10-12H2,1-5H3. The lowest BCUT2D eigenvalue weighted by Gasteiger charge is -2.19. The third kappa shape index (κ3) is 7.73. The smallest absolute Gasteiger partial charge is 0.123 e. The van der Waals surface area contributed by atoms with Crippen LogP contribution in [0.1, 0.15) is 47.5 Å². The molecule has 0 spiro atoms. The van der Waals surface area contributed by atoms with Gasteiger partial charge in [-0.2, -0.15) is 0 Å². The van der Waals surface area contributed by atoms with Gasteiger partial charge in [-0.1, -0.05) is 39.5 Å². The molecule has 0 rings (SSSR count). The molecule has 2 nitrogen and oxygen atoms in total. The SMILES string of the molecule is CCCN(CC)CC#CC(C)(O)CC(C)C. The van der Waals surface area contributed by atoms with Crippen LogP contribution in [0.2, 0.25) is 0 Å². The number of aliphatic hydroxyl groups is 1. The molecule has 1 atom stereocenters. The lowest BCUT2D eigenvalue weighted by atomic mass is 9.95. The van der Waals surface area contributed by atoms with Crippen molar-refractivity contribution in [3.05, 3.63) is 0 Å². The first-order valence-corrected chi connectivity index (χ1v) is 6.36. The van der Waals surface area contributed by atoms with Crippen molar-refractivity contribution in [3.63, 3.8) is 0 Å². The van der Waals surface area contributed by atoms with E-state index in [1.807, 2.05) is 0 Å². The van der Waals surface area contributed by atoms with Crippen LogP contribution in [0.4, 0.5) is 0 Å². The van der Waals surface area contributed by atoms with Crippen molar-refractivity contribution in [2.75, 3.05) is 19.6 Å². The third-order valence-corrected chi connectivity index (χ3v) is 2.45. The van der Waals surface area contributed by atoms with Crippen LogP contribution < -0.4 is 0 Å². The molecule has 0 radical (unpaired) electrons. The highest BCUT2D eigenvalue weighted by Gasteiger charge is 2.18. The van der Waals surface area contributed by atoms with E-state index in [4.69, 9.17) is 0 Å². The molecule has 0 amide bonds. The molecule has 0 saturated carbocycles. The lowest BCUT2D eigenvalue weighted by molar-refractivity contribution is 0.0974. The Balaban J connectivity index is 4.16. The fourth-order valence-corrected chi connectivity index (χ4v) is 1.85. The number of rotatable bonds is 6. The summed E-state index contributed by atoms with van der Waals surface area (Å²) in [5.41, 5.74) is -0.834. The Morgan fingerprint density at radius 1 is 1.31 bits per heavy atom. The normalized spacial score (nSPS) is 14.8. The van der Waals surface area contributed by atoms with Crippen molar-refractivity contribution in [2.24, 2.45) is 5.92 Å². The van der Waals surface area contributed by atoms with Gasteiger partial charge < -0.3 is 5.11 Å². The summed E-state index contributed by atoms with van der Waals surface area (Å²) in [6.07, 6.45) is 1.89. The van der Waals surface area contributed by atoms with Gasteiger partial charge in [-0.05, 0) is 38.8 Å². The van der Waals surface area contributed by atoms with Gasteiger partial charge >= 0.3 is 0 Å². The minimum Gasteiger partial charge on any atom is -0.378 e. The Kier molecular flexibility index (Phi) is 7.45. The van der Waals surface area contributed by atoms with Crippen LogP contribution in [0.15, 0.2) is 0 Å². The average Bonchev–Trinajstić information content (AvgIpc) is 2.14. The fraction of sp³-hybridized carbons (Fsp3) is 0.857. The third-order valence-electron chi connectivity index (χ3n) is 2.45. The largest absolute Gasteiger partial charge is 0.378 e. The summed E-state index contributed by atoms with van der Waals surface area (Å²) in [6.45, 7) is 13.2. The molecule has 94 valence electrons. The molecule has 0 aliphatic carbocycles.